The van der Waals surface area contributed by atoms with Gasteiger partial charge >= 0.3 is 0 Å². The lowest BCUT2D eigenvalue weighted by atomic mass is 10.0. The van der Waals surface area contributed by atoms with Crippen molar-refractivity contribution in [3.8, 4) is 0 Å². The molecule has 1 N–H and O–H groups in total. The van der Waals surface area contributed by atoms with E-state index in [-0.39, 0.29) is 0 Å². The predicted octanol–water partition coefficient (Wildman–Crippen LogP) is 0.999. The van der Waals surface area contributed by atoms with Crippen LogP contribution >= 0.6 is 0 Å². The summed E-state index contributed by atoms with van der Waals surface area (Å²) in [4.78, 5) is 0. The molecule has 1 unspecified atom stereocenters. The molecule has 5 nitrogen and oxygen atoms in total. The van der Waals surface area contributed by atoms with Crippen LogP contribution in [0.25, 0.3) is 0 Å². The molecule has 1 aromatic heterocycles. The van der Waals surface area contributed by atoms with Gasteiger partial charge < -0.3 is 14.6 Å². The van der Waals surface area contributed by atoms with Crippen LogP contribution in [0.5, 0.6) is 0 Å². The highest BCUT2D eigenvalue weighted by atomic mass is 16.5. The zero-order valence-corrected chi connectivity index (χ0v) is 10.6. The number of rotatable bonds is 6. The van der Waals surface area contributed by atoms with Crippen LogP contribution in [-0.2, 0) is 17.7 Å². The summed E-state index contributed by atoms with van der Waals surface area (Å²) in [7, 11) is 1.72. The van der Waals surface area contributed by atoms with Crippen molar-refractivity contribution < 1.29 is 4.74 Å². The molecule has 1 aliphatic heterocycles. The van der Waals surface area contributed by atoms with Gasteiger partial charge in [0.05, 0.1) is 6.61 Å². The SMILES string of the molecule is COCCn1cnnc1CCC1CCCCN1. The Kier molecular flexibility index (Phi) is 4.94. The number of ether oxygens (including phenoxy) is 1. The third-order valence-corrected chi connectivity index (χ3v) is 3.36. The Bertz CT molecular complexity index is 320. The molecule has 0 amide bonds. The summed E-state index contributed by atoms with van der Waals surface area (Å²) >= 11 is 0. The molecule has 2 rings (SSSR count). The van der Waals surface area contributed by atoms with Crippen molar-refractivity contribution in [3.05, 3.63) is 12.2 Å². The molecule has 1 atom stereocenters. The van der Waals surface area contributed by atoms with E-state index in [9.17, 15) is 0 Å². The van der Waals surface area contributed by atoms with Gasteiger partial charge in [0.1, 0.15) is 12.2 Å². The highest BCUT2D eigenvalue weighted by molar-refractivity contribution is 4.88. The van der Waals surface area contributed by atoms with Crippen LogP contribution in [0.4, 0.5) is 0 Å². The number of methoxy groups -OCH3 is 1. The van der Waals surface area contributed by atoms with E-state index in [1.54, 1.807) is 13.4 Å². The van der Waals surface area contributed by atoms with Crippen molar-refractivity contribution in [1.29, 1.82) is 0 Å². The molecule has 0 aromatic carbocycles. The topological polar surface area (TPSA) is 52.0 Å². The van der Waals surface area contributed by atoms with Gasteiger partial charge in [-0.2, -0.15) is 0 Å². The molecule has 17 heavy (non-hydrogen) atoms. The molecule has 0 saturated carbocycles. The zero-order chi connectivity index (χ0) is 11.9. The number of hydrogen-bond acceptors (Lipinski definition) is 4. The van der Waals surface area contributed by atoms with Crippen LogP contribution in [0.15, 0.2) is 6.33 Å². The molecule has 96 valence electrons. The molecule has 0 radical (unpaired) electrons. The molecule has 2 heterocycles. The first-order valence-electron chi connectivity index (χ1n) is 6.49. The van der Waals surface area contributed by atoms with Crippen molar-refractivity contribution in [2.45, 2.75) is 44.7 Å². The molecule has 0 aliphatic carbocycles. The number of nitrogens with zero attached hydrogens (tertiary/aromatic N) is 3. The van der Waals surface area contributed by atoms with Crippen LogP contribution in [0.3, 0.4) is 0 Å². The highest BCUT2D eigenvalue weighted by Gasteiger charge is 2.13. The zero-order valence-electron chi connectivity index (χ0n) is 10.6. The Morgan fingerprint density at radius 2 is 2.47 bits per heavy atom. The van der Waals surface area contributed by atoms with Gasteiger partial charge in [0.25, 0.3) is 0 Å². The smallest absolute Gasteiger partial charge is 0.132 e. The van der Waals surface area contributed by atoms with Gasteiger partial charge in [0, 0.05) is 26.1 Å². The molecule has 0 spiro atoms. The summed E-state index contributed by atoms with van der Waals surface area (Å²) in [5.74, 6) is 1.08. The largest absolute Gasteiger partial charge is 0.383 e. The number of hydrogen-bond donors (Lipinski definition) is 1. The second-order valence-corrected chi connectivity index (χ2v) is 4.62. The third kappa shape index (κ3) is 3.78. The number of piperidine rings is 1. The van der Waals surface area contributed by atoms with Gasteiger partial charge in [-0.15, -0.1) is 10.2 Å². The number of aryl methyl sites for hydroxylation is 1. The Morgan fingerprint density at radius 1 is 1.53 bits per heavy atom. The fourth-order valence-corrected chi connectivity index (χ4v) is 2.32. The highest BCUT2D eigenvalue weighted by Crippen LogP contribution is 2.12. The van der Waals surface area contributed by atoms with Crippen molar-refractivity contribution in [1.82, 2.24) is 20.1 Å². The molecule has 1 saturated heterocycles. The maximum atomic E-state index is 5.08. The fraction of sp³-hybridized carbons (Fsp3) is 0.833. The van der Waals surface area contributed by atoms with Crippen molar-refractivity contribution in [3.63, 3.8) is 0 Å². The van der Waals surface area contributed by atoms with Gasteiger partial charge in [-0.05, 0) is 25.8 Å². The maximum absolute atomic E-state index is 5.08. The Morgan fingerprint density at radius 3 is 3.24 bits per heavy atom. The van der Waals surface area contributed by atoms with Crippen molar-refractivity contribution in [2.24, 2.45) is 0 Å². The molecule has 1 aromatic rings. The van der Waals surface area contributed by atoms with Crippen LogP contribution in [0, 0.1) is 0 Å². The first-order valence-corrected chi connectivity index (χ1v) is 6.49. The second kappa shape index (κ2) is 6.71. The van der Waals surface area contributed by atoms with Gasteiger partial charge in [0.15, 0.2) is 0 Å². The lowest BCUT2D eigenvalue weighted by molar-refractivity contribution is 0.186. The van der Waals surface area contributed by atoms with E-state index in [0.717, 1.165) is 25.2 Å². The lowest BCUT2D eigenvalue weighted by Crippen LogP contribution is -2.34. The van der Waals surface area contributed by atoms with Crippen LogP contribution in [0.1, 0.15) is 31.5 Å². The van der Waals surface area contributed by atoms with Crippen molar-refractivity contribution >= 4 is 0 Å². The standard InChI is InChI=1S/C12H22N4O/c1-17-9-8-16-10-14-15-12(16)6-5-11-4-2-3-7-13-11/h10-11,13H,2-9H2,1H3. The Labute approximate surface area is 103 Å². The van der Waals surface area contributed by atoms with Gasteiger partial charge in [0.2, 0.25) is 0 Å². The Hall–Kier alpha value is -0.940. The van der Waals surface area contributed by atoms with E-state index >= 15 is 0 Å². The van der Waals surface area contributed by atoms with Gasteiger partial charge in [-0.3, -0.25) is 0 Å². The van der Waals surface area contributed by atoms with E-state index in [1.807, 2.05) is 0 Å². The monoisotopic (exact) mass is 238 g/mol. The summed E-state index contributed by atoms with van der Waals surface area (Å²) in [6, 6.07) is 0.663. The van der Waals surface area contributed by atoms with E-state index < -0.39 is 0 Å². The van der Waals surface area contributed by atoms with Gasteiger partial charge in [-0.1, -0.05) is 6.42 Å². The van der Waals surface area contributed by atoms with Crippen LogP contribution in [0.2, 0.25) is 0 Å². The van der Waals surface area contributed by atoms with E-state index in [4.69, 9.17) is 4.74 Å². The van der Waals surface area contributed by atoms with E-state index in [2.05, 4.69) is 20.1 Å². The minimum Gasteiger partial charge on any atom is -0.383 e. The summed E-state index contributed by atoms with van der Waals surface area (Å²) in [6.45, 7) is 2.73. The number of nitrogens with one attached hydrogen (secondary N) is 1. The third-order valence-electron chi connectivity index (χ3n) is 3.36. The van der Waals surface area contributed by atoms with Crippen LogP contribution < -0.4 is 5.32 Å². The summed E-state index contributed by atoms with van der Waals surface area (Å²) in [5, 5.41) is 11.7. The maximum Gasteiger partial charge on any atom is 0.132 e. The minimum absolute atomic E-state index is 0.663. The first-order chi connectivity index (χ1) is 8.40. The fourth-order valence-electron chi connectivity index (χ4n) is 2.32. The molecule has 1 fully saturated rings. The molecular weight excluding hydrogens is 216 g/mol. The average molecular weight is 238 g/mol. The first kappa shape index (κ1) is 12.5. The molecule has 0 bridgehead atoms. The Balaban J connectivity index is 1.79. The predicted molar refractivity (Wildman–Crippen MR) is 65.9 cm³/mol. The average Bonchev–Trinajstić information content (AvgIpc) is 2.82. The molecule has 1 aliphatic rings. The summed E-state index contributed by atoms with van der Waals surface area (Å²) < 4.78 is 7.17. The quantitative estimate of drug-likeness (QED) is 0.803. The normalized spacial score (nSPS) is 20.6. The van der Waals surface area contributed by atoms with Crippen molar-refractivity contribution in [2.75, 3.05) is 20.3 Å². The van der Waals surface area contributed by atoms with Gasteiger partial charge in [-0.25, -0.2) is 0 Å². The summed E-state index contributed by atoms with van der Waals surface area (Å²) in [6.07, 6.45) is 7.93. The molecular formula is C12H22N4O. The summed E-state index contributed by atoms with van der Waals surface area (Å²) in [5.41, 5.74) is 0. The van der Waals surface area contributed by atoms with Crippen LogP contribution in [-0.4, -0.2) is 41.1 Å². The second-order valence-electron chi connectivity index (χ2n) is 4.62. The lowest BCUT2D eigenvalue weighted by Gasteiger charge is -2.23. The minimum atomic E-state index is 0.663. The van der Waals surface area contributed by atoms with E-state index in [0.29, 0.717) is 12.6 Å². The van der Waals surface area contributed by atoms with E-state index in [1.165, 1.54) is 25.8 Å². The number of aromatic nitrogens is 3. The molecule has 5 heteroatoms.